The van der Waals surface area contributed by atoms with E-state index in [1.165, 1.54) is 0 Å². The summed E-state index contributed by atoms with van der Waals surface area (Å²) in [5.41, 5.74) is 2.63. The van der Waals surface area contributed by atoms with Gasteiger partial charge in [0, 0.05) is 11.1 Å². The van der Waals surface area contributed by atoms with Crippen LogP contribution in [-0.2, 0) is 0 Å². The predicted octanol–water partition coefficient (Wildman–Crippen LogP) is 3.42. The van der Waals surface area contributed by atoms with Crippen molar-refractivity contribution in [3.8, 4) is 28.6 Å². The maximum Gasteiger partial charge on any atom is 0.258 e. The fraction of sp³-hybridized carbons (Fsp3) is 0.0667. The molecule has 0 amide bonds. The Morgan fingerprint density at radius 2 is 1.84 bits per heavy atom. The molecule has 3 rings (SSSR count). The van der Waals surface area contributed by atoms with Crippen molar-refractivity contribution in [3.05, 3.63) is 54.1 Å². The van der Waals surface area contributed by atoms with Crippen LogP contribution in [0.15, 0.2) is 53.1 Å². The summed E-state index contributed by atoms with van der Waals surface area (Å²) in [6.07, 6.45) is 0. The van der Waals surface area contributed by atoms with E-state index in [-0.39, 0.29) is 5.75 Å². The monoisotopic (exact) mass is 252 g/mol. The Morgan fingerprint density at radius 1 is 1.05 bits per heavy atom. The van der Waals surface area contributed by atoms with Crippen molar-refractivity contribution >= 4 is 0 Å². The molecule has 0 fully saturated rings. The predicted molar refractivity (Wildman–Crippen MR) is 71.6 cm³/mol. The lowest BCUT2D eigenvalue weighted by Crippen LogP contribution is -1.84. The molecule has 19 heavy (non-hydrogen) atoms. The van der Waals surface area contributed by atoms with E-state index in [0.717, 1.165) is 16.7 Å². The minimum absolute atomic E-state index is 0.226. The molecular weight excluding hydrogens is 240 g/mol. The molecule has 1 heterocycles. The largest absolute Gasteiger partial charge is 0.508 e. The maximum absolute atomic E-state index is 9.40. The first-order valence-corrected chi connectivity index (χ1v) is 5.93. The number of phenols is 1. The van der Waals surface area contributed by atoms with Crippen LogP contribution in [0, 0.1) is 6.92 Å². The van der Waals surface area contributed by atoms with Crippen LogP contribution in [0.4, 0.5) is 0 Å². The molecule has 0 unspecified atom stereocenters. The van der Waals surface area contributed by atoms with E-state index in [0.29, 0.717) is 11.7 Å². The number of aryl methyl sites for hydroxylation is 1. The molecule has 0 saturated carbocycles. The number of aromatic hydroxyl groups is 1. The molecule has 94 valence electrons. The number of benzene rings is 2. The molecule has 1 aromatic heterocycles. The first-order valence-electron chi connectivity index (χ1n) is 5.93. The van der Waals surface area contributed by atoms with Gasteiger partial charge in [0.05, 0.1) is 0 Å². The van der Waals surface area contributed by atoms with Crippen LogP contribution in [0.3, 0.4) is 0 Å². The standard InChI is InChI=1S/C15H12N2O2/c1-10-9-12(18)7-8-13(10)15-16-14(17-19-15)11-5-3-2-4-6-11/h2-9,18H,1H3. The molecule has 1 N–H and O–H groups in total. The Balaban J connectivity index is 2.02. The van der Waals surface area contributed by atoms with Crippen LogP contribution < -0.4 is 0 Å². The number of nitrogens with zero attached hydrogens (tertiary/aromatic N) is 2. The first-order chi connectivity index (χ1) is 9.24. The molecule has 0 saturated heterocycles. The molecule has 4 heteroatoms. The average Bonchev–Trinajstić information content (AvgIpc) is 2.89. The van der Waals surface area contributed by atoms with E-state index in [1.807, 2.05) is 37.3 Å². The minimum Gasteiger partial charge on any atom is -0.508 e. The lowest BCUT2D eigenvalue weighted by atomic mass is 10.1. The van der Waals surface area contributed by atoms with Crippen molar-refractivity contribution < 1.29 is 9.63 Å². The number of rotatable bonds is 2. The van der Waals surface area contributed by atoms with Crippen LogP contribution in [0.1, 0.15) is 5.56 Å². The van der Waals surface area contributed by atoms with Gasteiger partial charge in [-0.2, -0.15) is 4.98 Å². The molecular formula is C15H12N2O2. The third-order valence-corrected chi connectivity index (χ3v) is 2.90. The van der Waals surface area contributed by atoms with Gasteiger partial charge in [-0.25, -0.2) is 0 Å². The second-order valence-corrected chi connectivity index (χ2v) is 4.29. The second-order valence-electron chi connectivity index (χ2n) is 4.29. The van der Waals surface area contributed by atoms with Crippen LogP contribution in [0.5, 0.6) is 5.75 Å². The van der Waals surface area contributed by atoms with E-state index in [1.54, 1.807) is 18.2 Å². The summed E-state index contributed by atoms with van der Waals surface area (Å²) in [5.74, 6) is 1.24. The lowest BCUT2D eigenvalue weighted by molar-refractivity contribution is 0.432. The zero-order valence-electron chi connectivity index (χ0n) is 10.4. The molecule has 0 bridgehead atoms. The van der Waals surface area contributed by atoms with Crippen molar-refractivity contribution in [2.75, 3.05) is 0 Å². The van der Waals surface area contributed by atoms with Crippen LogP contribution in [-0.4, -0.2) is 15.2 Å². The van der Waals surface area contributed by atoms with Crippen LogP contribution in [0.2, 0.25) is 0 Å². The van der Waals surface area contributed by atoms with Gasteiger partial charge in [-0.05, 0) is 30.7 Å². The quantitative estimate of drug-likeness (QED) is 0.759. The summed E-state index contributed by atoms with van der Waals surface area (Å²) in [6, 6.07) is 14.7. The molecule has 0 spiro atoms. The average molecular weight is 252 g/mol. The van der Waals surface area contributed by atoms with E-state index >= 15 is 0 Å². The maximum atomic E-state index is 9.40. The number of hydrogen-bond acceptors (Lipinski definition) is 4. The van der Waals surface area contributed by atoms with E-state index in [9.17, 15) is 5.11 Å². The van der Waals surface area contributed by atoms with Crippen molar-refractivity contribution in [1.82, 2.24) is 10.1 Å². The lowest BCUT2D eigenvalue weighted by Gasteiger charge is -2.00. The smallest absolute Gasteiger partial charge is 0.258 e. The molecule has 4 nitrogen and oxygen atoms in total. The van der Waals surface area contributed by atoms with Crippen molar-refractivity contribution in [2.45, 2.75) is 6.92 Å². The summed E-state index contributed by atoms with van der Waals surface area (Å²) < 4.78 is 5.28. The fourth-order valence-electron chi connectivity index (χ4n) is 1.93. The highest BCUT2D eigenvalue weighted by molar-refractivity contribution is 5.63. The van der Waals surface area contributed by atoms with Crippen molar-refractivity contribution in [1.29, 1.82) is 0 Å². The zero-order valence-corrected chi connectivity index (χ0v) is 10.4. The van der Waals surface area contributed by atoms with E-state index in [2.05, 4.69) is 10.1 Å². The van der Waals surface area contributed by atoms with Gasteiger partial charge in [0.2, 0.25) is 5.82 Å². The molecule has 0 atom stereocenters. The van der Waals surface area contributed by atoms with Gasteiger partial charge in [0.15, 0.2) is 0 Å². The highest BCUT2D eigenvalue weighted by atomic mass is 16.5. The Morgan fingerprint density at radius 3 is 2.58 bits per heavy atom. The van der Waals surface area contributed by atoms with Gasteiger partial charge in [-0.15, -0.1) is 0 Å². The summed E-state index contributed by atoms with van der Waals surface area (Å²) in [5, 5.41) is 13.4. The third-order valence-electron chi connectivity index (χ3n) is 2.90. The van der Waals surface area contributed by atoms with Gasteiger partial charge in [-0.3, -0.25) is 0 Å². The number of aromatic nitrogens is 2. The van der Waals surface area contributed by atoms with Gasteiger partial charge >= 0.3 is 0 Å². The molecule has 0 aliphatic rings. The zero-order chi connectivity index (χ0) is 13.2. The van der Waals surface area contributed by atoms with Crippen molar-refractivity contribution in [2.24, 2.45) is 0 Å². The Labute approximate surface area is 110 Å². The minimum atomic E-state index is 0.226. The Bertz CT molecular complexity index is 705. The topological polar surface area (TPSA) is 59.2 Å². The summed E-state index contributed by atoms with van der Waals surface area (Å²) in [6.45, 7) is 1.89. The van der Waals surface area contributed by atoms with Gasteiger partial charge < -0.3 is 9.63 Å². The highest BCUT2D eigenvalue weighted by Gasteiger charge is 2.12. The first kappa shape index (κ1) is 11.5. The molecule has 0 aliphatic carbocycles. The molecule has 0 aliphatic heterocycles. The number of phenolic OH excluding ortho intramolecular Hbond substituents is 1. The van der Waals surface area contributed by atoms with Gasteiger partial charge in [-0.1, -0.05) is 35.5 Å². The van der Waals surface area contributed by atoms with E-state index < -0.39 is 0 Å². The second kappa shape index (κ2) is 4.57. The van der Waals surface area contributed by atoms with Gasteiger partial charge in [0.25, 0.3) is 5.89 Å². The summed E-state index contributed by atoms with van der Waals surface area (Å²) in [7, 11) is 0. The van der Waals surface area contributed by atoms with Crippen molar-refractivity contribution in [3.63, 3.8) is 0 Å². The van der Waals surface area contributed by atoms with E-state index in [4.69, 9.17) is 4.52 Å². The third kappa shape index (κ3) is 2.20. The molecule has 2 aromatic carbocycles. The fourth-order valence-corrected chi connectivity index (χ4v) is 1.93. The Kier molecular flexibility index (Phi) is 2.76. The summed E-state index contributed by atoms with van der Waals surface area (Å²) in [4.78, 5) is 4.38. The summed E-state index contributed by atoms with van der Waals surface area (Å²) >= 11 is 0. The normalized spacial score (nSPS) is 10.6. The van der Waals surface area contributed by atoms with Gasteiger partial charge in [0.1, 0.15) is 5.75 Å². The molecule has 3 aromatic rings. The van der Waals surface area contributed by atoms with Crippen LogP contribution in [0.25, 0.3) is 22.8 Å². The Hall–Kier alpha value is -2.62. The van der Waals surface area contributed by atoms with Crippen LogP contribution >= 0.6 is 0 Å². The SMILES string of the molecule is Cc1cc(O)ccc1-c1nc(-c2ccccc2)no1. The molecule has 0 radical (unpaired) electrons. The highest BCUT2D eigenvalue weighted by Crippen LogP contribution is 2.26. The number of hydrogen-bond donors (Lipinski definition) is 1.